The Bertz CT molecular complexity index is 604. The molecule has 1 N–H and O–H groups in total. The van der Waals surface area contributed by atoms with Gasteiger partial charge in [0, 0.05) is 5.56 Å². The zero-order valence-electron chi connectivity index (χ0n) is 10.2. The van der Waals surface area contributed by atoms with Gasteiger partial charge in [-0.05, 0) is 36.4 Å². The number of para-hydroxylation sites is 1. The van der Waals surface area contributed by atoms with E-state index in [-0.39, 0.29) is 6.42 Å². The third-order valence-electron chi connectivity index (χ3n) is 2.31. The summed E-state index contributed by atoms with van der Waals surface area (Å²) < 4.78 is 5.63. The number of benzene rings is 2. The van der Waals surface area contributed by atoms with E-state index in [2.05, 4.69) is 11.8 Å². The van der Waals surface area contributed by atoms with Crippen LogP contribution < -0.4 is 4.74 Å². The van der Waals surface area contributed by atoms with Crippen molar-refractivity contribution in [1.29, 1.82) is 0 Å². The van der Waals surface area contributed by atoms with Gasteiger partial charge in [0.05, 0.1) is 0 Å². The third-order valence-corrected chi connectivity index (χ3v) is 2.31. The molecule has 0 unspecified atom stereocenters. The van der Waals surface area contributed by atoms with Crippen molar-refractivity contribution in [2.24, 2.45) is 0 Å². The molecule has 0 aliphatic heterocycles. The van der Waals surface area contributed by atoms with E-state index < -0.39 is 5.97 Å². The van der Waals surface area contributed by atoms with Gasteiger partial charge in [0.15, 0.2) is 0 Å². The number of hydrogen-bond acceptors (Lipinski definition) is 2. The predicted molar refractivity (Wildman–Crippen MR) is 72.1 cm³/mol. The average molecular weight is 252 g/mol. The molecule has 94 valence electrons. The van der Waals surface area contributed by atoms with Crippen LogP contribution in [0.4, 0.5) is 0 Å². The van der Waals surface area contributed by atoms with E-state index in [0.29, 0.717) is 0 Å². The van der Waals surface area contributed by atoms with Gasteiger partial charge in [-0.2, -0.15) is 0 Å². The molecular weight excluding hydrogens is 240 g/mol. The molecule has 0 bridgehead atoms. The number of aliphatic carboxylic acids is 1. The standard InChI is InChI=1S/C16H12O3/c17-16(18)8-4-5-13-9-11-15(12-10-13)19-14-6-2-1-3-7-14/h1-3,6-7,9-12H,8H2,(H,17,18). The molecule has 0 atom stereocenters. The van der Waals surface area contributed by atoms with Crippen LogP contribution in [0.15, 0.2) is 54.6 Å². The summed E-state index contributed by atoms with van der Waals surface area (Å²) in [5.74, 6) is 5.93. The second-order valence-corrected chi connectivity index (χ2v) is 3.81. The van der Waals surface area contributed by atoms with Gasteiger partial charge in [0.2, 0.25) is 0 Å². The molecule has 3 nitrogen and oxygen atoms in total. The summed E-state index contributed by atoms with van der Waals surface area (Å²) >= 11 is 0. The minimum Gasteiger partial charge on any atom is -0.481 e. The number of ether oxygens (including phenoxy) is 1. The van der Waals surface area contributed by atoms with Crippen molar-refractivity contribution >= 4 is 5.97 Å². The molecule has 0 aliphatic rings. The van der Waals surface area contributed by atoms with Gasteiger partial charge in [-0.15, -0.1) is 0 Å². The van der Waals surface area contributed by atoms with Crippen LogP contribution >= 0.6 is 0 Å². The quantitative estimate of drug-likeness (QED) is 0.852. The van der Waals surface area contributed by atoms with Gasteiger partial charge >= 0.3 is 5.97 Å². The number of carboxylic acid groups (broad SMARTS) is 1. The fraction of sp³-hybridized carbons (Fsp3) is 0.0625. The lowest BCUT2D eigenvalue weighted by Gasteiger charge is -2.04. The van der Waals surface area contributed by atoms with Crippen molar-refractivity contribution in [3.8, 4) is 23.3 Å². The van der Waals surface area contributed by atoms with E-state index in [0.717, 1.165) is 17.1 Å². The van der Waals surface area contributed by atoms with Crippen LogP contribution in [0, 0.1) is 11.8 Å². The summed E-state index contributed by atoms with van der Waals surface area (Å²) in [5.41, 5.74) is 0.765. The molecule has 0 radical (unpaired) electrons. The van der Waals surface area contributed by atoms with Gasteiger partial charge < -0.3 is 9.84 Å². The maximum Gasteiger partial charge on any atom is 0.315 e. The minimum atomic E-state index is -0.920. The van der Waals surface area contributed by atoms with E-state index in [1.54, 1.807) is 24.3 Å². The largest absolute Gasteiger partial charge is 0.481 e. The summed E-state index contributed by atoms with van der Waals surface area (Å²) in [7, 11) is 0. The SMILES string of the molecule is O=C(O)CC#Cc1ccc(Oc2ccccc2)cc1. The topological polar surface area (TPSA) is 46.5 Å². The molecule has 0 saturated heterocycles. The number of rotatable bonds is 3. The van der Waals surface area contributed by atoms with Crippen molar-refractivity contribution in [2.75, 3.05) is 0 Å². The number of carboxylic acids is 1. The molecule has 0 spiro atoms. The van der Waals surface area contributed by atoms with Crippen molar-refractivity contribution < 1.29 is 14.6 Å². The molecule has 0 amide bonds. The minimum absolute atomic E-state index is 0.151. The highest BCUT2D eigenvalue weighted by atomic mass is 16.5. The molecule has 2 rings (SSSR count). The van der Waals surface area contributed by atoms with E-state index in [1.807, 2.05) is 30.3 Å². The van der Waals surface area contributed by atoms with Gasteiger partial charge in [0.25, 0.3) is 0 Å². The van der Waals surface area contributed by atoms with Crippen LogP contribution in [0.1, 0.15) is 12.0 Å². The zero-order chi connectivity index (χ0) is 13.5. The molecular formula is C16H12O3. The first-order chi connectivity index (χ1) is 9.24. The van der Waals surface area contributed by atoms with Crippen molar-refractivity contribution in [3.05, 3.63) is 60.2 Å². The molecule has 3 heteroatoms. The highest BCUT2D eigenvalue weighted by Crippen LogP contribution is 2.20. The van der Waals surface area contributed by atoms with E-state index in [1.165, 1.54) is 0 Å². The Balaban J connectivity index is 2.02. The fourth-order valence-corrected chi connectivity index (χ4v) is 1.45. The fourth-order valence-electron chi connectivity index (χ4n) is 1.45. The lowest BCUT2D eigenvalue weighted by atomic mass is 10.2. The van der Waals surface area contributed by atoms with Gasteiger partial charge in [-0.25, -0.2) is 0 Å². The monoisotopic (exact) mass is 252 g/mol. The Labute approximate surface area is 111 Å². The van der Waals surface area contributed by atoms with Crippen LogP contribution in [0.5, 0.6) is 11.5 Å². The first-order valence-corrected chi connectivity index (χ1v) is 5.78. The Morgan fingerprint density at radius 1 is 1.00 bits per heavy atom. The summed E-state index contributed by atoms with van der Waals surface area (Å²) in [5, 5.41) is 8.48. The molecule has 0 aromatic heterocycles. The lowest BCUT2D eigenvalue weighted by Crippen LogP contribution is -1.90. The van der Waals surface area contributed by atoms with Crippen LogP contribution in [-0.4, -0.2) is 11.1 Å². The molecule has 2 aromatic rings. The second kappa shape index (κ2) is 6.27. The maximum atomic E-state index is 10.3. The molecule has 0 fully saturated rings. The summed E-state index contributed by atoms with van der Waals surface area (Å²) in [6, 6.07) is 16.7. The summed E-state index contributed by atoms with van der Waals surface area (Å²) in [6.45, 7) is 0. The van der Waals surface area contributed by atoms with Gasteiger partial charge in [0.1, 0.15) is 17.9 Å². The number of hydrogen-bond donors (Lipinski definition) is 1. The van der Waals surface area contributed by atoms with E-state index >= 15 is 0 Å². The Morgan fingerprint density at radius 2 is 1.63 bits per heavy atom. The molecule has 19 heavy (non-hydrogen) atoms. The first kappa shape index (κ1) is 12.7. The van der Waals surface area contributed by atoms with Crippen LogP contribution in [0.25, 0.3) is 0 Å². The average Bonchev–Trinajstić information content (AvgIpc) is 2.42. The van der Waals surface area contributed by atoms with Crippen molar-refractivity contribution in [3.63, 3.8) is 0 Å². The predicted octanol–water partition coefficient (Wildman–Crippen LogP) is 3.31. The summed E-state index contributed by atoms with van der Waals surface area (Å²) in [6.07, 6.45) is -0.151. The highest BCUT2D eigenvalue weighted by Gasteiger charge is 1.96. The van der Waals surface area contributed by atoms with Gasteiger partial charge in [-0.1, -0.05) is 30.0 Å². The smallest absolute Gasteiger partial charge is 0.315 e. The molecule has 0 heterocycles. The van der Waals surface area contributed by atoms with Crippen molar-refractivity contribution in [2.45, 2.75) is 6.42 Å². The number of carbonyl (C=O) groups is 1. The Hall–Kier alpha value is -2.73. The third kappa shape index (κ3) is 4.21. The van der Waals surface area contributed by atoms with Gasteiger partial charge in [-0.3, -0.25) is 4.79 Å². The second-order valence-electron chi connectivity index (χ2n) is 3.81. The first-order valence-electron chi connectivity index (χ1n) is 5.78. The molecule has 0 saturated carbocycles. The van der Waals surface area contributed by atoms with Crippen LogP contribution in [0.2, 0.25) is 0 Å². The van der Waals surface area contributed by atoms with E-state index in [9.17, 15) is 4.79 Å². The molecule has 2 aromatic carbocycles. The summed E-state index contributed by atoms with van der Waals surface area (Å²) in [4.78, 5) is 10.3. The van der Waals surface area contributed by atoms with Crippen LogP contribution in [0.3, 0.4) is 0 Å². The maximum absolute atomic E-state index is 10.3. The normalized spacial score (nSPS) is 9.26. The zero-order valence-corrected chi connectivity index (χ0v) is 10.2. The Kier molecular flexibility index (Phi) is 4.20. The van der Waals surface area contributed by atoms with E-state index in [4.69, 9.17) is 9.84 Å². The lowest BCUT2D eigenvalue weighted by molar-refractivity contribution is -0.135. The Morgan fingerprint density at radius 3 is 2.26 bits per heavy atom. The highest BCUT2D eigenvalue weighted by molar-refractivity contribution is 5.70. The van der Waals surface area contributed by atoms with Crippen LogP contribution in [-0.2, 0) is 4.79 Å². The van der Waals surface area contributed by atoms with Crippen molar-refractivity contribution in [1.82, 2.24) is 0 Å². The molecule has 0 aliphatic carbocycles.